The second-order valence-corrected chi connectivity index (χ2v) is 7.13. The van der Waals surface area contributed by atoms with Crippen molar-refractivity contribution in [3.63, 3.8) is 0 Å². The molecular weight excluding hydrogens is 252 g/mol. The monoisotopic (exact) mass is 268 g/mol. The summed E-state index contributed by atoms with van der Waals surface area (Å²) in [5.74, 6) is 0.0940. The van der Waals surface area contributed by atoms with Gasteiger partial charge in [-0.3, -0.25) is 0 Å². The van der Waals surface area contributed by atoms with E-state index in [-0.39, 0.29) is 5.75 Å². The summed E-state index contributed by atoms with van der Waals surface area (Å²) in [6, 6.07) is 7.00. The summed E-state index contributed by atoms with van der Waals surface area (Å²) in [6.45, 7) is 0.482. The summed E-state index contributed by atoms with van der Waals surface area (Å²) < 4.78 is 30.0. The van der Waals surface area contributed by atoms with Gasteiger partial charge in [0, 0.05) is 12.0 Å². The molecule has 1 aromatic rings. The lowest BCUT2D eigenvalue weighted by Gasteiger charge is -2.43. The highest BCUT2D eigenvalue weighted by Gasteiger charge is 2.45. The number of aliphatic hydroxyl groups is 1. The molecule has 1 spiro atoms. The van der Waals surface area contributed by atoms with E-state index in [1.807, 2.05) is 12.1 Å². The third kappa shape index (κ3) is 1.77. The molecule has 2 aliphatic rings. The van der Waals surface area contributed by atoms with Crippen molar-refractivity contribution in [1.82, 2.24) is 0 Å². The number of sulfone groups is 1. The molecule has 2 aliphatic heterocycles. The standard InChI is InChI=1S/C13H16O4S/c14-10-5-7-17-13(9-10)6-8-18(15,16)12-4-2-1-3-11(12)13/h1-4,10,14H,5-9H2. The Bertz CT molecular complexity index is 566. The Morgan fingerprint density at radius 2 is 2.11 bits per heavy atom. The molecule has 4 nitrogen and oxygen atoms in total. The van der Waals surface area contributed by atoms with E-state index in [1.165, 1.54) is 0 Å². The molecule has 0 amide bonds. The maximum absolute atomic E-state index is 12.1. The normalized spacial score (nSPS) is 34.2. The highest BCUT2D eigenvalue weighted by molar-refractivity contribution is 7.91. The zero-order chi connectivity index (χ0) is 12.8. The molecule has 18 heavy (non-hydrogen) atoms. The van der Waals surface area contributed by atoms with Gasteiger partial charge in [-0.1, -0.05) is 18.2 Å². The van der Waals surface area contributed by atoms with Gasteiger partial charge < -0.3 is 9.84 Å². The van der Waals surface area contributed by atoms with Gasteiger partial charge in [-0.15, -0.1) is 0 Å². The van der Waals surface area contributed by atoms with Crippen LogP contribution < -0.4 is 0 Å². The van der Waals surface area contributed by atoms with Gasteiger partial charge in [-0.05, 0) is 18.9 Å². The molecule has 2 heterocycles. The van der Waals surface area contributed by atoms with Crippen LogP contribution >= 0.6 is 0 Å². The molecule has 2 atom stereocenters. The van der Waals surface area contributed by atoms with Gasteiger partial charge in [0.1, 0.15) is 0 Å². The fourth-order valence-electron chi connectivity index (χ4n) is 2.95. The Balaban J connectivity index is 2.15. The van der Waals surface area contributed by atoms with Crippen molar-refractivity contribution >= 4 is 9.84 Å². The molecule has 1 aromatic carbocycles. The SMILES string of the molecule is O=S1(=O)CCC2(CC(O)CCO2)c2ccccc21. The fourth-order valence-corrected chi connectivity index (χ4v) is 4.65. The van der Waals surface area contributed by atoms with Crippen molar-refractivity contribution < 1.29 is 18.3 Å². The topological polar surface area (TPSA) is 63.6 Å². The number of hydrogen-bond donors (Lipinski definition) is 1. The van der Waals surface area contributed by atoms with Crippen LogP contribution in [0.4, 0.5) is 0 Å². The number of fused-ring (bicyclic) bond motifs is 2. The molecule has 98 valence electrons. The van der Waals surface area contributed by atoms with Crippen molar-refractivity contribution in [2.75, 3.05) is 12.4 Å². The first-order valence-electron chi connectivity index (χ1n) is 6.18. The van der Waals surface area contributed by atoms with Crippen LogP contribution in [0.25, 0.3) is 0 Å². The minimum atomic E-state index is -3.20. The predicted molar refractivity (Wildman–Crippen MR) is 66.0 cm³/mol. The molecule has 0 aromatic heterocycles. The van der Waals surface area contributed by atoms with E-state index >= 15 is 0 Å². The summed E-state index contributed by atoms with van der Waals surface area (Å²) in [6.07, 6.45) is 1.13. The Kier molecular flexibility index (Phi) is 2.73. The molecule has 0 aliphatic carbocycles. The maximum atomic E-state index is 12.1. The lowest BCUT2D eigenvalue weighted by atomic mass is 9.82. The van der Waals surface area contributed by atoms with E-state index < -0.39 is 21.5 Å². The van der Waals surface area contributed by atoms with Gasteiger partial charge in [0.15, 0.2) is 9.84 Å². The lowest BCUT2D eigenvalue weighted by Crippen LogP contribution is -2.44. The molecule has 1 saturated heterocycles. The molecule has 0 bridgehead atoms. The largest absolute Gasteiger partial charge is 0.393 e. The van der Waals surface area contributed by atoms with Gasteiger partial charge in [0.25, 0.3) is 0 Å². The average molecular weight is 268 g/mol. The molecule has 2 unspecified atom stereocenters. The molecule has 0 saturated carbocycles. The third-order valence-electron chi connectivity index (χ3n) is 3.88. The average Bonchev–Trinajstić information content (AvgIpc) is 2.36. The van der Waals surface area contributed by atoms with Crippen LogP contribution in [0.3, 0.4) is 0 Å². The van der Waals surface area contributed by atoms with Crippen LogP contribution in [-0.4, -0.2) is 32.0 Å². The van der Waals surface area contributed by atoms with Crippen LogP contribution in [0.5, 0.6) is 0 Å². The van der Waals surface area contributed by atoms with E-state index in [1.54, 1.807) is 12.1 Å². The number of ether oxygens (including phenoxy) is 1. The smallest absolute Gasteiger partial charge is 0.178 e. The van der Waals surface area contributed by atoms with Crippen molar-refractivity contribution in [2.45, 2.75) is 35.9 Å². The third-order valence-corrected chi connectivity index (χ3v) is 5.65. The van der Waals surface area contributed by atoms with Crippen molar-refractivity contribution in [3.05, 3.63) is 29.8 Å². The number of rotatable bonds is 0. The van der Waals surface area contributed by atoms with E-state index in [2.05, 4.69) is 0 Å². The van der Waals surface area contributed by atoms with Crippen molar-refractivity contribution in [1.29, 1.82) is 0 Å². The minimum absolute atomic E-state index is 0.0940. The van der Waals surface area contributed by atoms with E-state index in [4.69, 9.17) is 4.74 Å². The van der Waals surface area contributed by atoms with Crippen LogP contribution in [-0.2, 0) is 20.2 Å². The summed E-state index contributed by atoms with van der Waals surface area (Å²) in [4.78, 5) is 0.366. The van der Waals surface area contributed by atoms with Crippen LogP contribution in [0, 0.1) is 0 Å². The molecule has 3 rings (SSSR count). The number of aliphatic hydroxyl groups excluding tert-OH is 1. The molecule has 5 heteroatoms. The van der Waals surface area contributed by atoms with Crippen LogP contribution in [0.1, 0.15) is 24.8 Å². The number of benzene rings is 1. The molecule has 0 radical (unpaired) electrons. The maximum Gasteiger partial charge on any atom is 0.178 e. The second kappa shape index (κ2) is 4.05. The Hall–Kier alpha value is -0.910. The van der Waals surface area contributed by atoms with Gasteiger partial charge in [-0.25, -0.2) is 8.42 Å². The summed E-state index contributed by atoms with van der Waals surface area (Å²) in [5.41, 5.74) is 0.106. The van der Waals surface area contributed by atoms with Gasteiger partial charge in [0.05, 0.1) is 29.0 Å². The van der Waals surface area contributed by atoms with Crippen molar-refractivity contribution in [3.8, 4) is 0 Å². The fraction of sp³-hybridized carbons (Fsp3) is 0.538. The minimum Gasteiger partial charge on any atom is -0.393 e. The quantitative estimate of drug-likeness (QED) is 0.768. The van der Waals surface area contributed by atoms with Crippen molar-refractivity contribution in [2.24, 2.45) is 0 Å². The highest BCUT2D eigenvalue weighted by atomic mass is 32.2. The van der Waals surface area contributed by atoms with Crippen LogP contribution in [0.15, 0.2) is 29.2 Å². The lowest BCUT2D eigenvalue weighted by molar-refractivity contribution is -0.128. The molecule has 1 N–H and O–H groups in total. The highest BCUT2D eigenvalue weighted by Crippen LogP contribution is 2.45. The van der Waals surface area contributed by atoms with Crippen LogP contribution in [0.2, 0.25) is 0 Å². The first-order chi connectivity index (χ1) is 8.54. The van der Waals surface area contributed by atoms with Gasteiger partial charge >= 0.3 is 0 Å². The molecular formula is C13H16O4S. The summed E-state index contributed by atoms with van der Waals surface area (Å²) >= 11 is 0. The first kappa shape index (κ1) is 12.1. The zero-order valence-corrected chi connectivity index (χ0v) is 10.8. The summed E-state index contributed by atoms with van der Waals surface area (Å²) in [7, 11) is -3.20. The van der Waals surface area contributed by atoms with E-state index in [0.29, 0.717) is 30.8 Å². The van der Waals surface area contributed by atoms with E-state index in [0.717, 1.165) is 5.56 Å². The summed E-state index contributed by atoms with van der Waals surface area (Å²) in [5, 5.41) is 9.85. The Morgan fingerprint density at radius 3 is 2.89 bits per heavy atom. The number of hydrogen-bond acceptors (Lipinski definition) is 4. The predicted octanol–water partition coefficient (Wildman–Crippen LogP) is 1.23. The van der Waals surface area contributed by atoms with E-state index in [9.17, 15) is 13.5 Å². The van der Waals surface area contributed by atoms with Gasteiger partial charge in [0.2, 0.25) is 0 Å². The Labute approximate surface area is 107 Å². The second-order valence-electron chi connectivity index (χ2n) is 5.05. The molecule has 1 fully saturated rings. The zero-order valence-electron chi connectivity index (χ0n) is 10.0. The Morgan fingerprint density at radius 1 is 1.33 bits per heavy atom. The first-order valence-corrected chi connectivity index (χ1v) is 7.83. The van der Waals surface area contributed by atoms with Gasteiger partial charge in [-0.2, -0.15) is 0 Å².